The molecule has 40 heavy (non-hydrogen) atoms. The van der Waals surface area contributed by atoms with Crippen molar-refractivity contribution in [1.29, 1.82) is 0 Å². The lowest BCUT2D eigenvalue weighted by Crippen LogP contribution is -2.34. The van der Waals surface area contributed by atoms with E-state index >= 15 is 0 Å². The second-order valence-electron chi connectivity index (χ2n) is 8.46. The number of aromatic nitrogens is 1. The summed E-state index contributed by atoms with van der Waals surface area (Å²) in [5, 5.41) is 27.3. The molecule has 0 fully saturated rings. The van der Waals surface area contributed by atoms with Gasteiger partial charge in [-0.1, -0.05) is 65.8 Å². The summed E-state index contributed by atoms with van der Waals surface area (Å²) in [4.78, 5) is 29.1. The Morgan fingerprint density at radius 2 is 1.57 bits per heavy atom. The summed E-state index contributed by atoms with van der Waals surface area (Å²) in [6, 6.07) is 23.3. The third-order valence-corrected chi connectivity index (χ3v) is 6.00. The van der Waals surface area contributed by atoms with Crippen molar-refractivity contribution in [2.45, 2.75) is 20.1 Å². The summed E-state index contributed by atoms with van der Waals surface area (Å²) in [6.07, 6.45) is 0. The van der Waals surface area contributed by atoms with Gasteiger partial charge in [-0.2, -0.15) is 4.73 Å². The van der Waals surface area contributed by atoms with Crippen LogP contribution in [0.3, 0.4) is 0 Å². The Labute approximate surface area is 233 Å². The molecule has 204 valence electrons. The van der Waals surface area contributed by atoms with Crippen molar-refractivity contribution in [1.82, 2.24) is 0 Å². The lowest BCUT2D eigenvalue weighted by Gasteiger charge is -2.14. The molecule has 0 spiro atoms. The van der Waals surface area contributed by atoms with Crippen LogP contribution < -0.4 is 19.9 Å². The van der Waals surface area contributed by atoms with Crippen LogP contribution in [0.15, 0.2) is 90.1 Å². The predicted molar refractivity (Wildman–Crippen MR) is 146 cm³/mol. The van der Waals surface area contributed by atoms with Crippen LogP contribution in [0.1, 0.15) is 32.7 Å². The third-order valence-electron chi connectivity index (χ3n) is 5.65. The van der Waals surface area contributed by atoms with Crippen LogP contribution in [0.5, 0.6) is 11.5 Å². The molecule has 0 bridgehead atoms. The molecule has 4 aromatic rings. The highest BCUT2D eigenvalue weighted by Gasteiger charge is 2.26. The minimum atomic E-state index is -1.07. The molecule has 3 aromatic carbocycles. The number of aryl methyl sites for hydroxylation is 1. The number of nitro groups is 1. The first-order valence-electron chi connectivity index (χ1n) is 11.8. The molecule has 0 atom stereocenters. The average molecular weight is 563 g/mol. The molecule has 0 saturated carbocycles. The predicted octanol–water partition coefficient (Wildman–Crippen LogP) is 4.83. The maximum atomic E-state index is 12.9. The Hall–Kier alpha value is -5.16. The summed E-state index contributed by atoms with van der Waals surface area (Å²) in [5.74, 6) is -1.62. The summed E-state index contributed by atoms with van der Waals surface area (Å²) in [7, 11) is 0. The van der Waals surface area contributed by atoms with Crippen LogP contribution in [0, 0.1) is 22.2 Å². The number of nitro benzene ring substituents is 1. The van der Waals surface area contributed by atoms with Gasteiger partial charge in [0.05, 0.1) is 10.5 Å². The molecule has 2 N–H and O–H groups in total. The van der Waals surface area contributed by atoms with E-state index in [1.165, 1.54) is 18.2 Å². The van der Waals surface area contributed by atoms with E-state index in [0.29, 0.717) is 10.4 Å². The summed E-state index contributed by atoms with van der Waals surface area (Å²) in [5.41, 5.74) is 7.03. The zero-order chi connectivity index (χ0) is 28.6. The van der Waals surface area contributed by atoms with Crippen molar-refractivity contribution in [2.75, 3.05) is 0 Å². The molecule has 0 amide bonds. The number of carbonyl (C=O) groups is 1. The van der Waals surface area contributed by atoms with Crippen molar-refractivity contribution in [2.24, 2.45) is 10.9 Å². The standard InChI is InChI=1S/C28H23ClN4O7/c1-18-12-13-22(26(29)32(18)35)27(30)31-40-28(34)21-14-23(33(36)37)25(39-17-20-10-6-3-7-11-20)24(15-21)38-16-19-8-4-2-5-9-19/h2-15H,16-17H2,1H3,(H2,30,31). The van der Waals surface area contributed by atoms with E-state index in [1.807, 2.05) is 48.5 Å². The van der Waals surface area contributed by atoms with Gasteiger partial charge in [0, 0.05) is 19.1 Å². The van der Waals surface area contributed by atoms with Crippen molar-refractivity contribution in [3.63, 3.8) is 0 Å². The fraction of sp³-hybridized carbons (Fsp3) is 0.107. The molecule has 1 heterocycles. The van der Waals surface area contributed by atoms with Crippen LogP contribution >= 0.6 is 11.6 Å². The van der Waals surface area contributed by atoms with E-state index in [4.69, 9.17) is 31.6 Å². The van der Waals surface area contributed by atoms with Gasteiger partial charge in [-0.05, 0) is 34.9 Å². The first-order chi connectivity index (χ1) is 19.2. The van der Waals surface area contributed by atoms with Gasteiger partial charge < -0.3 is 25.3 Å². The number of rotatable bonds is 10. The number of hydrogen-bond donors (Lipinski definition) is 1. The average Bonchev–Trinajstić information content (AvgIpc) is 2.97. The number of carbonyl (C=O) groups excluding carboxylic acids is 1. The quantitative estimate of drug-likeness (QED) is 0.0421. The van der Waals surface area contributed by atoms with Gasteiger partial charge >= 0.3 is 11.7 Å². The monoisotopic (exact) mass is 562 g/mol. The fourth-order valence-electron chi connectivity index (χ4n) is 3.55. The van der Waals surface area contributed by atoms with E-state index in [-0.39, 0.29) is 46.8 Å². The number of halogens is 1. The molecule has 12 heteroatoms. The van der Waals surface area contributed by atoms with Crippen molar-refractivity contribution in [3.8, 4) is 11.5 Å². The molecule has 0 saturated heterocycles. The normalized spacial score (nSPS) is 11.1. The largest absolute Gasteiger partial charge is 0.617 e. The highest BCUT2D eigenvalue weighted by atomic mass is 35.5. The fourth-order valence-corrected chi connectivity index (χ4v) is 3.84. The van der Waals surface area contributed by atoms with Gasteiger partial charge in [0.2, 0.25) is 5.75 Å². The van der Waals surface area contributed by atoms with Gasteiger partial charge in [-0.3, -0.25) is 10.1 Å². The molecule has 0 unspecified atom stereocenters. The molecule has 0 aliphatic rings. The number of hydrogen-bond acceptors (Lipinski definition) is 8. The molecular formula is C28H23ClN4O7. The van der Waals surface area contributed by atoms with E-state index in [9.17, 15) is 20.1 Å². The molecule has 0 aliphatic heterocycles. The molecule has 0 radical (unpaired) electrons. The van der Waals surface area contributed by atoms with Gasteiger partial charge in [-0.25, -0.2) is 4.79 Å². The number of pyridine rings is 1. The Balaban J connectivity index is 1.65. The molecule has 4 rings (SSSR count). The summed E-state index contributed by atoms with van der Waals surface area (Å²) >= 11 is 6.02. The van der Waals surface area contributed by atoms with Gasteiger partial charge in [0.25, 0.3) is 5.15 Å². The zero-order valence-electron chi connectivity index (χ0n) is 21.2. The second kappa shape index (κ2) is 12.6. The first kappa shape index (κ1) is 27.9. The Morgan fingerprint density at radius 1 is 0.975 bits per heavy atom. The number of ether oxygens (including phenoxy) is 2. The minimum Gasteiger partial charge on any atom is -0.617 e. The van der Waals surface area contributed by atoms with Crippen molar-refractivity contribution < 1.29 is 28.8 Å². The highest BCUT2D eigenvalue weighted by molar-refractivity contribution is 6.32. The Bertz CT molecular complexity index is 1560. The maximum absolute atomic E-state index is 12.9. The summed E-state index contributed by atoms with van der Waals surface area (Å²) in [6.45, 7) is 1.61. The third kappa shape index (κ3) is 6.63. The second-order valence-corrected chi connectivity index (χ2v) is 8.82. The maximum Gasteiger partial charge on any atom is 0.366 e. The van der Waals surface area contributed by atoms with E-state index in [0.717, 1.165) is 17.2 Å². The highest BCUT2D eigenvalue weighted by Crippen LogP contribution is 2.39. The SMILES string of the molecule is Cc1ccc(/C(N)=N/OC(=O)c2cc(OCc3ccccc3)c(OCc3ccccc3)c([N+](=O)[O-])c2)c(Cl)[n+]1[O-]. The van der Waals surface area contributed by atoms with E-state index in [2.05, 4.69) is 5.16 Å². The van der Waals surface area contributed by atoms with Gasteiger partial charge in [0.15, 0.2) is 17.3 Å². The number of amidine groups is 1. The minimum absolute atomic E-state index is 0.0189. The molecule has 1 aromatic heterocycles. The van der Waals surface area contributed by atoms with Crippen LogP contribution in [0.2, 0.25) is 5.15 Å². The van der Waals surface area contributed by atoms with Crippen LogP contribution in [0.25, 0.3) is 0 Å². The lowest BCUT2D eigenvalue weighted by molar-refractivity contribution is -0.610. The Morgan fingerprint density at radius 3 is 2.17 bits per heavy atom. The topological polar surface area (TPSA) is 153 Å². The Kier molecular flexibility index (Phi) is 8.77. The lowest BCUT2D eigenvalue weighted by atomic mass is 10.1. The van der Waals surface area contributed by atoms with Crippen molar-refractivity contribution >= 4 is 29.1 Å². The van der Waals surface area contributed by atoms with Crippen LogP contribution in [-0.4, -0.2) is 16.7 Å². The molecule has 11 nitrogen and oxygen atoms in total. The number of benzene rings is 3. The number of oxime groups is 1. The number of nitrogens with zero attached hydrogens (tertiary/aromatic N) is 3. The van der Waals surface area contributed by atoms with Crippen LogP contribution in [0.4, 0.5) is 5.69 Å². The van der Waals surface area contributed by atoms with E-state index in [1.54, 1.807) is 19.1 Å². The number of nitrogens with two attached hydrogens (primary N) is 1. The molecular weight excluding hydrogens is 540 g/mol. The van der Waals surface area contributed by atoms with Crippen molar-refractivity contribution in [3.05, 3.63) is 133 Å². The molecule has 0 aliphatic carbocycles. The van der Waals surface area contributed by atoms with E-state index < -0.39 is 16.6 Å². The van der Waals surface area contributed by atoms with Crippen LogP contribution in [-0.2, 0) is 18.1 Å². The van der Waals surface area contributed by atoms with Gasteiger partial charge in [-0.15, -0.1) is 0 Å². The zero-order valence-corrected chi connectivity index (χ0v) is 21.9. The smallest absolute Gasteiger partial charge is 0.366 e. The summed E-state index contributed by atoms with van der Waals surface area (Å²) < 4.78 is 12.1. The first-order valence-corrected chi connectivity index (χ1v) is 12.2. The van der Waals surface area contributed by atoms with Gasteiger partial charge in [0.1, 0.15) is 18.8 Å².